The summed E-state index contributed by atoms with van der Waals surface area (Å²) in [5.74, 6) is -0.0701. The van der Waals surface area contributed by atoms with Crippen molar-refractivity contribution in [3.8, 4) is 0 Å². The molecule has 17 heavy (non-hydrogen) atoms. The first-order valence-corrected chi connectivity index (χ1v) is 5.92. The molecule has 0 radical (unpaired) electrons. The van der Waals surface area contributed by atoms with Crippen molar-refractivity contribution in [1.82, 2.24) is 20.3 Å². The monoisotopic (exact) mass is 236 g/mol. The normalized spacial score (nSPS) is 16.7. The van der Waals surface area contributed by atoms with Gasteiger partial charge in [0.1, 0.15) is 12.2 Å². The van der Waals surface area contributed by atoms with Crippen molar-refractivity contribution in [1.29, 1.82) is 0 Å². The van der Waals surface area contributed by atoms with Gasteiger partial charge in [0.05, 0.1) is 6.20 Å². The molecule has 1 aromatic heterocycles. The van der Waals surface area contributed by atoms with Crippen molar-refractivity contribution in [3.05, 3.63) is 11.9 Å². The van der Waals surface area contributed by atoms with Crippen molar-refractivity contribution in [2.75, 3.05) is 0 Å². The van der Waals surface area contributed by atoms with E-state index in [0.717, 1.165) is 12.8 Å². The molecule has 6 heteroatoms. The molecule has 1 aromatic rings. The highest BCUT2D eigenvalue weighted by molar-refractivity contribution is 5.76. The van der Waals surface area contributed by atoms with Gasteiger partial charge >= 0.3 is 0 Å². The van der Waals surface area contributed by atoms with Crippen LogP contribution >= 0.6 is 0 Å². The average molecular weight is 236 g/mol. The van der Waals surface area contributed by atoms with Crippen LogP contribution in [0.5, 0.6) is 0 Å². The second-order valence-electron chi connectivity index (χ2n) is 4.36. The van der Waals surface area contributed by atoms with Crippen molar-refractivity contribution in [2.45, 2.75) is 44.7 Å². The maximum absolute atomic E-state index is 11.7. The summed E-state index contributed by atoms with van der Waals surface area (Å²) in [6, 6.07) is 0.297. The summed E-state index contributed by atoms with van der Waals surface area (Å²) in [5.41, 5.74) is 0.246. The SMILES string of the molecule is O=Cc1cn(CC(=O)NC2CCCCC2)nn1. The summed E-state index contributed by atoms with van der Waals surface area (Å²) >= 11 is 0. The van der Waals surface area contributed by atoms with Crippen molar-refractivity contribution >= 4 is 12.2 Å². The van der Waals surface area contributed by atoms with Crippen molar-refractivity contribution in [2.24, 2.45) is 0 Å². The molecule has 1 fully saturated rings. The molecule has 0 aromatic carbocycles. The minimum Gasteiger partial charge on any atom is -0.352 e. The van der Waals surface area contributed by atoms with E-state index in [1.54, 1.807) is 0 Å². The van der Waals surface area contributed by atoms with Crippen LogP contribution in [0.25, 0.3) is 0 Å². The van der Waals surface area contributed by atoms with Crippen LogP contribution in [0.15, 0.2) is 6.20 Å². The van der Waals surface area contributed by atoms with Gasteiger partial charge in [0, 0.05) is 6.04 Å². The fraction of sp³-hybridized carbons (Fsp3) is 0.636. The Kier molecular flexibility index (Phi) is 3.85. The summed E-state index contributed by atoms with van der Waals surface area (Å²) < 4.78 is 1.38. The van der Waals surface area contributed by atoms with Crippen LogP contribution in [0, 0.1) is 0 Å². The van der Waals surface area contributed by atoms with Gasteiger partial charge in [-0.3, -0.25) is 9.59 Å². The van der Waals surface area contributed by atoms with E-state index in [-0.39, 0.29) is 18.1 Å². The number of carbonyl (C=O) groups excluding carboxylic acids is 2. The first kappa shape index (κ1) is 11.8. The molecule has 0 unspecified atom stereocenters. The molecule has 0 saturated heterocycles. The van der Waals surface area contributed by atoms with Crippen LogP contribution in [0.3, 0.4) is 0 Å². The predicted octanol–water partition coefficient (Wildman–Crippen LogP) is 0.539. The van der Waals surface area contributed by atoms with Gasteiger partial charge in [-0.05, 0) is 12.8 Å². The molecule has 1 aliphatic rings. The smallest absolute Gasteiger partial charge is 0.242 e. The Morgan fingerprint density at radius 3 is 2.88 bits per heavy atom. The van der Waals surface area contributed by atoms with Crippen LogP contribution in [-0.2, 0) is 11.3 Å². The maximum atomic E-state index is 11.7. The van der Waals surface area contributed by atoms with Crippen LogP contribution in [0.1, 0.15) is 42.6 Å². The number of aldehydes is 1. The zero-order valence-corrected chi connectivity index (χ0v) is 9.63. The fourth-order valence-corrected chi connectivity index (χ4v) is 2.11. The highest BCUT2D eigenvalue weighted by Crippen LogP contribution is 2.17. The average Bonchev–Trinajstić information content (AvgIpc) is 2.78. The zero-order valence-electron chi connectivity index (χ0n) is 9.63. The first-order valence-electron chi connectivity index (χ1n) is 5.92. The number of nitrogens with zero attached hydrogens (tertiary/aromatic N) is 3. The Bertz CT molecular complexity index is 396. The molecule has 1 heterocycles. The Labute approximate surface area is 99.4 Å². The minimum absolute atomic E-state index is 0.0701. The van der Waals surface area contributed by atoms with Crippen LogP contribution < -0.4 is 5.32 Å². The lowest BCUT2D eigenvalue weighted by Gasteiger charge is -2.22. The summed E-state index contributed by atoms with van der Waals surface area (Å²) in [6.07, 6.45) is 7.83. The molecule has 0 bridgehead atoms. The summed E-state index contributed by atoms with van der Waals surface area (Å²) in [5, 5.41) is 10.3. The quantitative estimate of drug-likeness (QED) is 0.774. The maximum Gasteiger partial charge on any atom is 0.242 e. The van der Waals surface area contributed by atoms with Gasteiger partial charge in [-0.25, -0.2) is 4.68 Å². The molecule has 6 nitrogen and oxygen atoms in total. The van der Waals surface area contributed by atoms with Gasteiger partial charge in [0.2, 0.25) is 5.91 Å². The van der Waals surface area contributed by atoms with E-state index in [9.17, 15) is 9.59 Å². The number of nitrogens with one attached hydrogen (secondary N) is 1. The van der Waals surface area contributed by atoms with Gasteiger partial charge in [-0.15, -0.1) is 5.10 Å². The molecule has 2 rings (SSSR count). The second kappa shape index (κ2) is 5.56. The standard InChI is InChI=1S/C11H16N4O2/c16-8-10-6-15(14-13-10)7-11(17)12-9-4-2-1-3-5-9/h6,8-9H,1-5,7H2,(H,12,17). The van der Waals surface area contributed by atoms with E-state index in [1.165, 1.54) is 30.1 Å². The third-order valence-corrected chi connectivity index (χ3v) is 2.95. The summed E-state index contributed by atoms with van der Waals surface area (Å²) in [4.78, 5) is 22.1. The minimum atomic E-state index is -0.0701. The molecular weight excluding hydrogens is 220 g/mol. The van der Waals surface area contributed by atoms with Crippen LogP contribution in [0.2, 0.25) is 0 Å². The number of amides is 1. The lowest BCUT2D eigenvalue weighted by Crippen LogP contribution is -2.38. The largest absolute Gasteiger partial charge is 0.352 e. The van der Waals surface area contributed by atoms with Gasteiger partial charge in [-0.1, -0.05) is 24.5 Å². The highest BCUT2D eigenvalue weighted by Gasteiger charge is 2.16. The van der Waals surface area contributed by atoms with Crippen molar-refractivity contribution in [3.63, 3.8) is 0 Å². The molecule has 0 atom stereocenters. The Morgan fingerprint density at radius 1 is 1.47 bits per heavy atom. The summed E-state index contributed by atoms with van der Waals surface area (Å²) in [6.45, 7) is 0.122. The van der Waals surface area contributed by atoms with E-state index in [1.807, 2.05) is 0 Å². The van der Waals surface area contributed by atoms with Gasteiger partial charge in [0.15, 0.2) is 6.29 Å². The number of rotatable bonds is 4. The molecule has 1 amide bonds. The van der Waals surface area contributed by atoms with Crippen LogP contribution in [0.4, 0.5) is 0 Å². The van der Waals surface area contributed by atoms with E-state index >= 15 is 0 Å². The number of hydrogen-bond acceptors (Lipinski definition) is 4. The van der Waals surface area contributed by atoms with E-state index in [4.69, 9.17) is 0 Å². The van der Waals surface area contributed by atoms with Gasteiger partial charge < -0.3 is 5.32 Å². The summed E-state index contributed by atoms with van der Waals surface area (Å²) in [7, 11) is 0. The molecule has 1 N–H and O–H groups in total. The van der Waals surface area contributed by atoms with E-state index in [2.05, 4.69) is 15.6 Å². The van der Waals surface area contributed by atoms with Gasteiger partial charge in [-0.2, -0.15) is 0 Å². The first-order chi connectivity index (χ1) is 8.28. The second-order valence-corrected chi connectivity index (χ2v) is 4.36. The highest BCUT2D eigenvalue weighted by atomic mass is 16.2. The van der Waals surface area contributed by atoms with E-state index < -0.39 is 0 Å². The molecule has 0 aliphatic heterocycles. The molecule has 92 valence electrons. The predicted molar refractivity (Wildman–Crippen MR) is 60.4 cm³/mol. The van der Waals surface area contributed by atoms with E-state index in [0.29, 0.717) is 12.3 Å². The Balaban J connectivity index is 1.81. The Hall–Kier alpha value is -1.72. The van der Waals surface area contributed by atoms with Crippen LogP contribution in [-0.4, -0.2) is 33.2 Å². The number of carbonyl (C=O) groups is 2. The molecule has 0 spiro atoms. The molecule has 1 saturated carbocycles. The number of aromatic nitrogens is 3. The third kappa shape index (κ3) is 3.37. The zero-order chi connectivity index (χ0) is 12.1. The molecular formula is C11H16N4O2. The number of hydrogen-bond donors (Lipinski definition) is 1. The Morgan fingerprint density at radius 2 is 2.24 bits per heavy atom. The van der Waals surface area contributed by atoms with Gasteiger partial charge in [0.25, 0.3) is 0 Å². The topological polar surface area (TPSA) is 76.9 Å². The molecule has 1 aliphatic carbocycles. The third-order valence-electron chi connectivity index (χ3n) is 2.95. The van der Waals surface area contributed by atoms with Crippen molar-refractivity contribution < 1.29 is 9.59 Å². The lowest BCUT2D eigenvalue weighted by molar-refractivity contribution is -0.122. The lowest BCUT2D eigenvalue weighted by atomic mass is 9.95. The fourth-order valence-electron chi connectivity index (χ4n) is 2.11.